The number of piperidine rings is 1. The van der Waals surface area contributed by atoms with Gasteiger partial charge in [0.1, 0.15) is 5.75 Å². The van der Waals surface area contributed by atoms with Gasteiger partial charge in [0.05, 0.1) is 6.21 Å². The van der Waals surface area contributed by atoms with Gasteiger partial charge in [-0.1, -0.05) is 15.9 Å². The monoisotopic (exact) mass is 310 g/mol. The number of rotatable bonds is 2. The van der Waals surface area contributed by atoms with Gasteiger partial charge in [0.15, 0.2) is 0 Å². The minimum Gasteiger partial charge on any atom is -0.507 e. The molecule has 2 atom stereocenters. The zero-order valence-corrected chi connectivity index (χ0v) is 12.4. The summed E-state index contributed by atoms with van der Waals surface area (Å²) in [7, 11) is 0. The molecule has 3 nitrogen and oxygen atoms in total. The van der Waals surface area contributed by atoms with E-state index in [4.69, 9.17) is 0 Å². The van der Waals surface area contributed by atoms with Crippen LogP contribution in [0.2, 0.25) is 0 Å². The number of hydrogen-bond acceptors (Lipinski definition) is 3. The van der Waals surface area contributed by atoms with E-state index in [2.05, 4.69) is 39.9 Å². The highest BCUT2D eigenvalue weighted by Gasteiger charge is 2.22. The third-order valence-corrected chi connectivity index (χ3v) is 3.96. The first-order chi connectivity index (χ1) is 8.58. The Bertz CT molecular complexity index is 437. The summed E-state index contributed by atoms with van der Waals surface area (Å²) < 4.78 is 0.946. The number of phenolic OH excluding ortho intramolecular Hbond substituents is 1. The third-order valence-electron chi connectivity index (χ3n) is 3.47. The molecular weight excluding hydrogens is 292 g/mol. The van der Waals surface area contributed by atoms with Crippen LogP contribution in [-0.2, 0) is 0 Å². The molecule has 18 heavy (non-hydrogen) atoms. The maximum absolute atomic E-state index is 9.77. The number of hydrazone groups is 1. The van der Waals surface area contributed by atoms with Gasteiger partial charge >= 0.3 is 0 Å². The first kappa shape index (κ1) is 13.4. The summed E-state index contributed by atoms with van der Waals surface area (Å²) in [5.74, 6) is 0.263. The molecule has 0 saturated carbocycles. The van der Waals surface area contributed by atoms with Crippen molar-refractivity contribution in [3.05, 3.63) is 28.2 Å². The van der Waals surface area contributed by atoms with E-state index in [0.717, 1.165) is 10.0 Å². The normalized spacial score (nSPS) is 24.7. The van der Waals surface area contributed by atoms with E-state index in [0.29, 0.717) is 12.1 Å². The lowest BCUT2D eigenvalue weighted by atomic mass is 10.00. The molecule has 1 aromatic rings. The van der Waals surface area contributed by atoms with E-state index in [1.54, 1.807) is 12.3 Å². The molecule has 0 bridgehead atoms. The van der Waals surface area contributed by atoms with Crippen LogP contribution in [0.15, 0.2) is 27.8 Å². The molecule has 1 N–H and O–H groups in total. The fourth-order valence-corrected chi connectivity index (χ4v) is 2.77. The predicted molar refractivity (Wildman–Crippen MR) is 78.0 cm³/mol. The van der Waals surface area contributed by atoms with Crippen LogP contribution >= 0.6 is 15.9 Å². The van der Waals surface area contributed by atoms with Crippen molar-refractivity contribution in [1.29, 1.82) is 0 Å². The molecule has 1 aliphatic rings. The molecule has 1 aliphatic heterocycles. The van der Waals surface area contributed by atoms with Gasteiger partial charge in [0, 0.05) is 22.1 Å². The molecule has 0 amide bonds. The Balaban J connectivity index is 2.16. The van der Waals surface area contributed by atoms with Crippen LogP contribution in [0, 0.1) is 0 Å². The van der Waals surface area contributed by atoms with E-state index >= 15 is 0 Å². The van der Waals surface area contributed by atoms with Crippen LogP contribution in [0.4, 0.5) is 0 Å². The maximum Gasteiger partial charge on any atom is 0.124 e. The van der Waals surface area contributed by atoms with E-state index in [-0.39, 0.29) is 5.75 Å². The van der Waals surface area contributed by atoms with Crippen molar-refractivity contribution >= 4 is 22.1 Å². The van der Waals surface area contributed by atoms with Gasteiger partial charge in [-0.25, -0.2) is 0 Å². The second kappa shape index (κ2) is 5.74. The quantitative estimate of drug-likeness (QED) is 0.844. The van der Waals surface area contributed by atoms with Crippen LogP contribution in [0.25, 0.3) is 0 Å². The van der Waals surface area contributed by atoms with Gasteiger partial charge in [-0.2, -0.15) is 5.10 Å². The Labute approximate surface area is 117 Å². The molecule has 0 aliphatic carbocycles. The second-order valence-corrected chi connectivity index (χ2v) is 5.87. The smallest absolute Gasteiger partial charge is 0.124 e. The summed E-state index contributed by atoms with van der Waals surface area (Å²) in [5.41, 5.74) is 0.745. The van der Waals surface area contributed by atoms with Gasteiger partial charge in [-0.05, 0) is 51.3 Å². The molecule has 1 fully saturated rings. The number of benzene rings is 1. The molecule has 2 rings (SSSR count). The number of aromatic hydroxyl groups is 1. The number of hydrogen-bond donors (Lipinski definition) is 1. The molecule has 1 saturated heterocycles. The molecular formula is C14H19BrN2O. The molecule has 1 heterocycles. The molecule has 98 valence electrons. The molecule has 0 aromatic heterocycles. The average Bonchev–Trinajstić information content (AvgIpc) is 2.33. The lowest BCUT2D eigenvalue weighted by molar-refractivity contribution is 0.109. The van der Waals surface area contributed by atoms with Gasteiger partial charge in [-0.3, -0.25) is 5.01 Å². The Morgan fingerprint density at radius 1 is 1.33 bits per heavy atom. The van der Waals surface area contributed by atoms with E-state index in [1.807, 2.05) is 12.1 Å². The lowest BCUT2D eigenvalue weighted by Crippen LogP contribution is -2.39. The Kier molecular flexibility index (Phi) is 4.27. The summed E-state index contributed by atoms with van der Waals surface area (Å²) >= 11 is 3.40. The first-order valence-electron chi connectivity index (χ1n) is 6.39. The van der Waals surface area contributed by atoms with Crippen molar-refractivity contribution in [3.63, 3.8) is 0 Å². The van der Waals surface area contributed by atoms with E-state index in [1.165, 1.54) is 19.3 Å². The van der Waals surface area contributed by atoms with Crippen LogP contribution in [0.1, 0.15) is 38.7 Å². The minimum absolute atomic E-state index is 0.263. The Morgan fingerprint density at radius 2 is 2.00 bits per heavy atom. The fraction of sp³-hybridized carbons (Fsp3) is 0.500. The van der Waals surface area contributed by atoms with Gasteiger partial charge in [0.2, 0.25) is 0 Å². The molecule has 4 heteroatoms. The topological polar surface area (TPSA) is 35.8 Å². The van der Waals surface area contributed by atoms with Gasteiger partial charge in [0.25, 0.3) is 0 Å². The zero-order chi connectivity index (χ0) is 13.1. The second-order valence-electron chi connectivity index (χ2n) is 4.96. The largest absolute Gasteiger partial charge is 0.507 e. The van der Waals surface area contributed by atoms with E-state index in [9.17, 15) is 5.11 Å². The van der Waals surface area contributed by atoms with Crippen molar-refractivity contribution in [1.82, 2.24) is 5.01 Å². The van der Waals surface area contributed by atoms with Crippen molar-refractivity contribution in [2.45, 2.75) is 45.2 Å². The highest BCUT2D eigenvalue weighted by molar-refractivity contribution is 9.10. The number of halogens is 1. The summed E-state index contributed by atoms with van der Waals surface area (Å²) in [4.78, 5) is 0. The maximum atomic E-state index is 9.77. The van der Waals surface area contributed by atoms with Crippen molar-refractivity contribution in [2.24, 2.45) is 5.10 Å². The van der Waals surface area contributed by atoms with Gasteiger partial charge < -0.3 is 5.11 Å². The van der Waals surface area contributed by atoms with Crippen LogP contribution < -0.4 is 0 Å². The van der Waals surface area contributed by atoms with Crippen LogP contribution in [0.3, 0.4) is 0 Å². The van der Waals surface area contributed by atoms with Crippen LogP contribution in [0.5, 0.6) is 5.75 Å². The molecule has 0 spiro atoms. The van der Waals surface area contributed by atoms with E-state index < -0.39 is 0 Å². The van der Waals surface area contributed by atoms with Gasteiger partial charge in [-0.15, -0.1) is 0 Å². The highest BCUT2D eigenvalue weighted by atomic mass is 79.9. The predicted octanol–water partition coefficient (Wildman–Crippen LogP) is 3.75. The first-order valence-corrected chi connectivity index (χ1v) is 7.18. The molecule has 0 radical (unpaired) electrons. The highest BCUT2D eigenvalue weighted by Crippen LogP contribution is 2.24. The third kappa shape index (κ3) is 3.05. The minimum atomic E-state index is 0.263. The van der Waals surface area contributed by atoms with Crippen molar-refractivity contribution in [3.8, 4) is 5.75 Å². The Morgan fingerprint density at radius 3 is 2.67 bits per heavy atom. The summed E-state index contributed by atoms with van der Waals surface area (Å²) in [6, 6.07) is 6.31. The SMILES string of the molecule is CC1CCCC(C)N1N=Cc1cc(Br)ccc1O. The average molecular weight is 311 g/mol. The molecule has 1 aromatic carbocycles. The number of nitrogens with zero attached hydrogens (tertiary/aromatic N) is 2. The van der Waals surface area contributed by atoms with Crippen molar-refractivity contribution < 1.29 is 5.11 Å². The fourth-order valence-electron chi connectivity index (χ4n) is 2.39. The van der Waals surface area contributed by atoms with Crippen LogP contribution in [-0.4, -0.2) is 28.4 Å². The summed E-state index contributed by atoms with van der Waals surface area (Å²) in [6.07, 6.45) is 5.40. The van der Waals surface area contributed by atoms with Crippen molar-refractivity contribution in [2.75, 3.05) is 0 Å². The Hall–Kier alpha value is -1.03. The molecule has 2 unspecified atom stereocenters. The lowest BCUT2D eigenvalue weighted by Gasteiger charge is -2.36. The summed E-state index contributed by atoms with van der Waals surface area (Å²) in [6.45, 7) is 4.40. The zero-order valence-electron chi connectivity index (χ0n) is 10.8. The summed E-state index contributed by atoms with van der Waals surface area (Å²) in [5, 5.41) is 16.5. The standard InChI is InChI=1S/C14H19BrN2O/c1-10-4-3-5-11(2)17(10)16-9-12-8-13(15)6-7-14(12)18/h6-11,18H,3-5H2,1-2H3. The number of phenols is 1.